The van der Waals surface area contributed by atoms with Crippen LogP contribution in [0, 0.1) is 20.8 Å². The van der Waals surface area contributed by atoms with Crippen LogP contribution in [0.4, 0.5) is 5.69 Å². The molecule has 0 aliphatic rings. The summed E-state index contributed by atoms with van der Waals surface area (Å²) >= 11 is 0. The Balaban J connectivity index is 1.71. The lowest BCUT2D eigenvalue weighted by atomic mass is 10.1. The van der Waals surface area contributed by atoms with Crippen molar-refractivity contribution in [2.24, 2.45) is 0 Å². The van der Waals surface area contributed by atoms with Gasteiger partial charge in [0.1, 0.15) is 6.54 Å². The van der Waals surface area contributed by atoms with Crippen LogP contribution in [0.3, 0.4) is 0 Å². The van der Waals surface area contributed by atoms with Gasteiger partial charge in [0.2, 0.25) is 5.91 Å². The van der Waals surface area contributed by atoms with Crippen molar-refractivity contribution >= 4 is 21.6 Å². The third-order valence-electron chi connectivity index (χ3n) is 5.93. The topological polar surface area (TPSA) is 84.9 Å². The molecule has 0 aromatic heterocycles. The zero-order chi connectivity index (χ0) is 26.3. The first kappa shape index (κ1) is 27.1. The molecule has 0 aliphatic carbocycles. The Morgan fingerprint density at radius 1 is 0.861 bits per heavy atom. The summed E-state index contributed by atoms with van der Waals surface area (Å²) in [6.45, 7) is 5.80. The molecular formula is C28H34N2O5S. The Bertz CT molecular complexity index is 1300. The van der Waals surface area contributed by atoms with Gasteiger partial charge in [-0.25, -0.2) is 8.42 Å². The number of hydrogen-bond acceptors (Lipinski definition) is 5. The predicted octanol–water partition coefficient (Wildman–Crippen LogP) is 4.57. The van der Waals surface area contributed by atoms with Crippen molar-refractivity contribution in [3.63, 3.8) is 0 Å². The lowest BCUT2D eigenvalue weighted by Crippen LogP contribution is -2.41. The summed E-state index contributed by atoms with van der Waals surface area (Å²) in [4.78, 5) is 13.0. The number of nitrogens with one attached hydrogen (secondary N) is 1. The number of benzene rings is 3. The monoisotopic (exact) mass is 510 g/mol. The molecule has 8 heteroatoms. The first-order chi connectivity index (χ1) is 17.1. The van der Waals surface area contributed by atoms with E-state index in [-0.39, 0.29) is 17.3 Å². The molecule has 192 valence electrons. The van der Waals surface area contributed by atoms with E-state index >= 15 is 0 Å². The molecule has 0 atom stereocenters. The summed E-state index contributed by atoms with van der Waals surface area (Å²) in [5.41, 5.74) is 4.30. The van der Waals surface area contributed by atoms with E-state index in [1.54, 1.807) is 44.6 Å². The number of rotatable bonds is 11. The van der Waals surface area contributed by atoms with Gasteiger partial charge >= 0.3 is 0 Å². The molecule has 3 aromatic carbocycles. The van der Waals surface area contributed by atoms with Gasteiger partial charge in [0, 0.05) is 6.54 Å². The van der Waals surface area contributed by atoms with Crippen molar-refractivity contribution in [3.05, 3.63) is 82.9 Å². The summed E-state index contributed by atoms with van der Waals surface area (Å²) in [7, 11) is -0.760. The highest BCUT2D eigenvalue weighted by molar-refractivity contribution is 7.92. The minimum absolute atomic E-state index is 0.148. The number of hydrogen-bond donors (Lipinski definition) is 1. The van der Waals surface area contributed by atoms with E-state index in [0.29, 0.717) is 30.2 Å². The van der Waals surface area contributed by atoms with Crippen LogP contribution in [0.1, 0.15) is 28.7 Å². The van der Waals surface area contributed by atoms with E-state index in [1.165, 1.54) is 4.31 Å². The van der Waals surface area contributed by atoms with E-state index in [0.717, 1.165) is 28.7 Å². The molecule has 0 heterocycles. The molecule has 0 saturated heterocycles. The summed E-state index contributed by atoms with van der Waals surface area (Å²) in [5.74, 6) is 0.957. The van der Waals surface area contributed by atoms with E-state index in [4.69, 9.17) is 9.47 Å². The second kappa shape index (κ2) is 11.9. The zero-order valence-corrected chi connectivity index (χ0v) is 22.3. The lowest BCUT2D eigenvalue weighted by Gasteiger charge is -2.26. The Morgan fingerprint density at radius 2 is 1.53 bits per heavy atom. The summed E-state index contributed by atoms with van der Waals surface area (Å²) in [5, 5.41) is 2.87. The van der Waals surface area contributed by atoms with Crippen LogP contribution in [0.15, 0.2) is 65.6 Å². The summed E-state index contributed by atoms with van der Waals surface area (Å²) < 4.78 is 38.9. The van der Waals surface area contributed by atoms with Crippen molar-refractivity contribution in [2.75, 3.05) is 31.6 Å². The average molecular weight is 511 g/mol. The zero-order valence-electron chi connectivity index (χ0n) is 21.5. The minimum Gasteiger partial charge on any atom is -0.493 e. The largest absolute Gasteiger partial charge is 0.493 e. The van der Waals surface area contributed by atoms with Gasteiger partial charge in [-0.3, -0.25) is 9.10 Å². The highest BCUT2D eigenvalue weighted by atomic mass is 32.2. The van der Waals surface area contributed by atoms with Crippen LogP contribution in [0.2, 0.25) is 0 Å². The number of amides is 1. The van der Waals surface area contributed by atoms with Crippen molar-refractivity contribution < 1.29 is 22.7 Å². The quantitative estimate of drug-likeness (QED) is 0.382. The third-order valence-corrected chi connectivity index (χ3v) is 7.70. The van der Waals surface area contributed by atoms with Gasteiger partial charge in [-0.05, 0) is 75.1 Å². The van der Waals surface area contributed by atoms with Gasteiger partial charge in [0.25, 0.3) is 10.0 Å². The maximum atomic E-state index is 13.6. The lowest BCUT2D eigenvalue weighted by molar-refractivity contribution is -0.119. The third kappa shape index (κ3) is 6.57. The fourth-order valence-corrected chi connectivity index (χ4v) is 5.45. The van der Waals surface area contributed by atoms with E-state index in [9.17, 15) is 13.2 Å². The molecule has 1 amide bonds. The second-order valence-electron chi connectivity index (χ2n) is 8.76. The van der Waals surface area contributed by atoms with Gasteiger partial charge < -0.3 is 14.8 Å². The van der Waals surface area contributed by atoms with Crippen molar-refractivity contribution in [2.45, 2.75) is 38.5 Å². The van der Waals surface area contributed by atoms with E-state index in [2.05, 4.69) is 5.32 Å². The van der Waals surface area contributed by atoms with Crippen LogP contribution < -0.4 is 19.1 Å². The van der Waals surface area contributed by atoms with Crippen molar-refractivity contribution in [1.82, 2.24) is 5.32 Å². The molecule has 1 N–H and O–H groups in total. The second-order valence-corrected chi connectivity index (χ2v) is 10.6. The van der Waals surface area contributed by atoms with Gasteiger partial charge in [0.15, 0.2) is 11.5 Å². The van der Waals surface area contributed by atoms with Gasteiger partial charge in [0.05, 0.1) is 24.8 Å². The molecular weight excluding hydrogens is 476 g/mol. The van der Waals surface area contributed by atoms with Crippen molar-refractivity contribution in [3.8, 4) is 11.5 Å². The fraction of sp³-hybridized carbons (Fsp3) is 0.321. The molecule has 0 saturated carbocycles. The van der Waals surface area contributed by atoms with Crippen LogP contribution in [-0.4, -0.2) is 41.6 Å². The minimum atomic E-state index is -3.94. The van der Waals surface area contributed by atoms with Gasteiger partial charge in [-0.2, -0.15) is 0 Å². The maximum absolute atomic E-state index is 13.6. The number of aryl methyl sites for hydroxylation is 4. The number of carbonyl (C=O) groups is 1. The number of methoxy groups -OCH3 is 2. The van der Waals surface area contributed by atoms with E-state index < -0.39 is 10.0 Å². The van der Waals surface area contributed by atoms with E-state index in [1.807, 2.05) is 51.1 Å². The summed E-state index contributed by atoms with van der Waals surface area (Å²) in [6.07, 6.45) is 1.42. The average Bonchev–Trinajstić information content (AvgIpc) is 2.85. The van der Waals surface area contributed by atoms with Gasteiger partial charge in [-0.1, -0.05) is 41.5 Å². The molecule has 0 spiro atoms. The normalized spacial score (nSPS) is 11.1. The molecule has 7 nitrogen and oxygen atoms in total. The van der Waals surface area contributed by atoms with Crippen LogP contribution in [-0.2, 0) is 21.2 Å². The summed E-state index contributed by atoms with van der Waals surface area (Å²) in [6, 6.07) is 17.9. The number of sulfonamides is 1. The number of nitrogens with zero attached hydrogens (tertiary/aromatic N) is 1. The molecule has 3 rings (SSSR count). The smallest absolute Gasteiger partial charge is 0.264 e. The van der Waals surface area contributed by atoms with Gasteiger partial charge in [-0.15, -0.1) is 0 Å². The fourth-order valence-electron chi connectivity index (χ4n) is 3.97. The van der Waals surface area contributed by atoms with Crippen LogP contribution in [0.5, 0.6) is 11.5 Å². The first-order valence-corrected chi connectivity index (χ1v) is 13.2. The SMILES string of the molecule is COc1ccc(CCCNC(=O)CN(c2ccc(C)cc2C)S(=O)(=O)c2ccc(C)cc2)cc1OC. The highest BCUT2D eigenvalue weighted by Crippen LogP contribution is 2.29. The van der Waals surface area contributed by atoms with Crippen LogP contribution in [0.25, 0.3) is 0 Å². The predicted molar refractivity (Wildman–Crippen MR) is 143 cm³/mol. The molecule has 0 unspecified atom stereocenters. The molecule has 0 fully saturated rings. The van der Waals surface area contributed by atoms with Crippen LogP contribution >= 0.6 is 0 Å². The Morgan fingerprint density at radius 3 is 2.17 bits per heavy atom. The molecule has 36 heavy (non-hydrogen) atoms. The highest BCUT2D eigenvalue weighted by Gasteiger charge is 2.28. The maximum Gasteiger partial charge on any atom is 0.264 e. The number of anilines is 1. The Kier molecular flexibility index (Phi) is 8.98. The molecule has 3 aromatic rings. The molecule has 0 aliphatic heterocycles. The van der Waals surface area contributed by atoms with Crippen molar-refractivity contribution in [1.29, 1.82) is 0 Å². The first-order valence-electron chi connectivity index (χ1n) is 11.8. The standard InChI is InChI=1S/C28H34N2O5S/c1-20-8-12-24(13-9-20)36(32,33)30(25-14-10-21(2)17-22(25)3)19-28(31)29-16-6-7-23-11-15-26(34-4)27(18-23)35-5/h8-15,17-18H,6-7,16,19H2,1-5H3,(H,29,31). The number of carbonyl (C=O) groups excluding carboxylic acids is 1. The molecule has 0 bridgehead atoms. The number of ether oxygens (including phenoxy) is 2. The Labute approximate surface area is 214 Å². The molecule has 0 radical (unpaired) electrons. The Hall–Kier alpha value is -3.52.